The van der Waals surface area contributed by atoms with Crippen molar-refractivity contribution in [1.82, 2.24) is 20.1 Å². The lowest BCUT2D eigenvalue weighted by molar-refractivity contribution is -0.384. The Morgan fingerprint density at radius 3 is 2.48 bits per heavy atom. The molecule has 3 aromatic rings. The van der Waals surface area contributed by atoms with E-state index >= 15 is 0 Å². The summed E-state index contributed by atoms with van der Waals surface area (Å²) in [5.74, 6) is 1.24. The minimum Gasteiger partial charge on any atom is -0.352 e. The smallest absolute Gasteiger partial charge is 0.269 e. The van der Waals surface area contributed by atoms with Crippen molar-refractivity contribution in [3.05, 3.63) is 70.0 Å². The maximum absolute atomic E-state index is 12.2. The molecule has 2 aromatic carbocycles. The van der Waals surface area contributed by atoms with Crippen LogP contribution in [0.15, 0.2) is 48.5 Å². The van der Waals surface area contributed by atoms with Crippen molar-refractivity contribution in [3.63, 3.8) is 0 Å². The van der Waals surface area contributed by atoms with E-state index in [-0.39, 0.29) is 24.6 Å². The minimum atomic E-state index is -0.528. The van der Waals surface area contributed by atoms with E-state index in [9.17, 15) is 19.7 Å². The molecule has 2 amide bonds. The number of nitro benzene ring substituents is 1. The normalized spacial score (nSPS) is 13.0. The second kappa shape index (κ2) is 10.0. The predicted molar refractivity (Wildman–Crippen MR) is 122 cm³/mol. The van der Waals surface area contributed by atoms with Crippen LogP contribution in [-0.4, -0.2) is 38.0 Å². The van der Waals surface area contributed by atoms with Crippen LogP contribution >= 0.6 is 0 Å². The van der Waals surface area contributed by atoms with Crippen LogP contribution in [0.25, 0.3) is 11.4 Å². The average Bonchev–Trinajstić information content (AvgIpc) is 3.07. The Bertz CT molecular complexity index is 1150. The Labute approximate surface area is 190 Å². The van der Waals surface area contributed by atoms with Gasteiger partial charge in [-0.25, -0.2) is 0 Å². The summed E-state index contributed by atoms with van der Waals surface area (Å²) in [6.45, 7) is 1.06. The van der Waals surface area contributed by atoms with Gasteiger partial charge in [-0.3, -0.25) is 19.7 Å². The van der Waals surface area contributed by atoms with Crippen molar-refractivity contribution >= 4 is 23.2 Å². The number of rotatable bonds is 7. The zero-order valence-corrected chi connectivity index (χ0v) is 18.0. The molecule has 10 heteroatoms. The van der Waals surface area contributed by atoms with Crippen LogP contribution in [0.4, 0.5) is 11.4 Å². The van der Waals surface area contributed by atoms with E-state index in [1.807, 2.05) is 24.3 Å². The van der Waals surface area contributed by atoms with Gasteiger partial charge in [0, 0.05) is 54.9 Å². The highest BCUT2D eigenvalue weighted by Crippen LogP contribution is 2.24. The highest BCUT2D eigenvalue weighted by molar-refractivity contribution is 5.95. The first-order chi connectivity index (χ1) is 16.0. The summed E-state index contributed by atoms with van der Waals surface area (Å²) in [7, 11) is 0. The Hall–Kier alpha value is -4.08. The number of amides is 2. The van der Waals surface area contributed by atoms with Crippen LogP contribution in [0.2, 0.25) is 0 Å². The molecule has 2 N–H and O–H groups in total. The largest absolute Gasteiger partial charge is 0.352 e. The number of non-ortho nitro benzene ring substituents is 1. The molecule has 1 aromatic heterocycles. The molecule has 1 aliphatic rings. The van der Waals surface area contributed by atoms with Crippen LogP contribution in [0.5, 0.6) is 0 Å². The summed E-state index contributed by atoms with van der Waals surface area (Å²) in [6.07, 6.45) is 4.49. The summed E-state index contributed by atoms with van der Waals surface area (Å²) in [6, 6.07) is 12.8. The van der Waals surface area contributed by atoms with Crippen molar-refractivity contribution < 1.29 is 14.5 Å². The molecular weight excluding hydrogens is 424 g/mol. The fourth-order valence-corrected chi connectivity index (χ4v) is 3.75. The number of nitrogens with one attached hydrogen (secondary N) is 2. The summed E-state index contributed by atoms with van der Waals surface area (Å²) in [5.41, 5.74) is 1.81. The molecule has 0 atom stereocenters. The molecule has 33 heavy (non-hydrogen) atoms. The van der Waals surface area contributed by atoms with Crippen molar-refractivity contribution in [2.45, 2.75) is 38.6 Å². The molecule has 1 aliphatic heterocycles. The van der Waals surface area contributed by atoms with Gasteiger partial charge in [-0.05, 0) is 49.2 Å². The fraction of sp³-hybridized carbons (Fsp3) is 0.304. The Morgan fingerprint density at radius 1 is 1.00 bits per heavy atom. The number of nitrogens with zero attached hydrogens (tertiary/aromatic N) is 4. The molecule has 0 fully saturated rings. The lowest BCUT2D eigenvalue weighted by Gasteiger charge is -2.09. The second-order valence-corrected chi connectivity index (χ2v) is 7.84. The zero-order valence-electron chi connectivity index (χ0n) is 18.0. The maximum Gasteiger partial charge on any atom is 0.269 e. The predicted octanol–water partition coefficient (Wildman–Crippen LogP) is 3.34. The summed E-state index contributed by atoms with van der Waals surface area (Å²) in [5, 5.41) is 24.8. The molecule has 10 nitrogen and oxygen atoms in total. The topological polar surface area (TPSA) is 132 Å². The Balaban J connectivity index is 1.27. The van der Waals surface area contributed by atoms with Gasteiger partial charge in [0.2, 0.25) is 5.91 Å². The molecular formula is C23H24N6O4. The third-order valence-electron chi connectivity index (χ3n) is 5.51. The van der Waals surface area contributed by atoms with E-state index in [1.165, 1.54) is 30.7 Å². The number of hydrogen-bond acceptors (Lipinski definition) is 6. The van der Waals surface area contributed by atoms with Gasteiger partial charge in [0.05, 0.1) is 4.92 Å². The summed E-state index contributed by atoms with van der Waals surface area (Å²) >= 11 is 0. The minimum absolute atomic E-state index is 0.0867. The number of carbonyl (C=O) groups is 2. The third-order valence-corrected chi connectivity index (χ3v) is 5.51. The number of nitro groups is 1. The number of benzene rings is 2. The van der Waals surface area contributed by atoms with Gasteiger partial charge in [-0.2, -0.15) is 0 Å². The van der Waals surface area contributed by atoms with Crippen molar-refractivity contribution in [2.24, 2.45) is 0 Å². The van der Waals surface area contributed by atoms with E-state index in [1.54, 1.807) is 0 Å². The fourth-order valence-electron chi connectivity index (χ4n) is 3.75. The van der Waals surface area contributed by atoms with Crippen molar-refractivity contribution in [2.75, 3.05) is 11.9 Å². The second-order valence-electron chi connectivity index (χ2n) is 7.84. The van der Waals surface area contributed by atoms with Crippen LogP contribution < -0.4 is 10.6 Å². The first kappa shape index (κ1) is 22.1. The monoisotopic (exact) mass is 448 g/mol. The number of anilines is 1. The SMILES string of the molecule is O=C(CCNC(=O)c1ccc([N+](=O)[O-])cc1)Nc1ccc(-c2nnc3n2CCCCC3)cc1. The van der Waals surface area contributed by atoms with E-state index < -0.39 is 10.8 Å². The molecule has 170 valence electrons. The van der Waals surface area contributed by atoms with Crippen LogP contribution in [0.3, 0.4) is 0 Å². The van der Waals surface area contributed by atoms with E-state index in [2.05, 4.69) is 25.4 Å². The number of aromatic nitrogens is 3. The molecule has 0 saturated carbocycles. The molecule has 0 unspecified atom stereocenters. The molecule has 2 heterocycles. The van der Waals surface area contributed by atoms with Gasteiger partial charge < -0.3 is 15.2 Å². The Morgan fingerprint density at radius 2 is 1.76 bits per heavy atom. The standard InChI is InChI=1S/C23H24N6O4/c30-21(13-14-24-23(31)17-7-11-19(12-8-17)29(32)33)25-18-9-5-16(6-10-18)22-27-26-20-4-2-1-3-15-28(20)22/h5-12H,1-4,13-15H2,(H,24,31)(H,25,30). The quantitative estimate of drug-likeness (QED) is 0.421. The third kappa shape index (κ3) is 5.40. The average molecular weight is 448 g/mol. The Kier molecular flexibility index (Phi) is 6.72. The molecule has 0 aliphatic carbocycles. The van der Waals surface area contributed by atoms with E-state index in [0.29, 0.717) is 11.3 Å². The first-order valence-corrected chi connectivity index (χ1v) is 10.9. The van der Waals surface area contributed by atoms with E-state index in [0.717, 1.165) is 43.0 Å². The molecule has 0 saturated heterocycles. The lowest BCUT2D eigenvalue weighted by atomic mass is 10.2. The van der Waals surface area contributed by atoms with Crippen LogP contribution in [-0.2, 0) is 17.8 Å². The molecule has 0 bridgehead atoms. The lowest BCUT2D eigenvalue weighted by Crippen LogP contribution is -2.27. The van der Waals surface area contributed by atoms with Gasteiger partial charge in [-0.15, -0.1) is 10.2 Å². The van der Waals surface area contributed by atoms with Crippen LogP contribution in [0.1, 0.15) is 41.9 Å². The number of carbonyl (C=O) groups excluding carboxylic acids is 2. The number of fused-ring (bicyclic) bond motifs is 1. The highest BCUT2D eigenvalue weighted by Gasteiger charge is 2.16. The van der Waals surface area contributed by atoms with Crippen molar-refractivity contribution in [1.29, 1.82) is 0 Å². The van der Waals surface area contributed by atoms with Gasteiger partial charge in [0.15, 0.2) is 5.82 Å². The van der Waals surface area contributed by atoms with Gasteiger partial charge >= 0.3 is 0 Å². The maximum atomic E-state index is 12.2. The molecule has 0 radical (unpaired) electrons. The highest BCUT2D eigenvalue weighted by atomic mass is 16.6. The van der Waals surface area contributed by atoms with Crippen LogP contribution in [0, 0.1) is 10.1 Å². The summed E-state index contributed by atoms with van der Waals surface area (Å²) in [4.78, 5) is 34.5. The molecule has 4 rings (SSSR count). The van der Waals surface area contributed by atoms with Gasteiger partial charge in [-0.1, -0.05) is 6.42 Å². The zero-order chi connectivity index (χ0) is 23.2. The number of aryl methyl sites for hydroxylation is 1. The van der Waals surface area contributed by atoms with E-state index in [4.69, 9.17) is 0 Å². The molecule has 0 spiro atoms. The first-order valence-electron chi connectivity index (χ1n) is 10.9. The van der Waals surface area contributed by atoms with Crippen molar-refractivity contribution in [3.8, 4) is 11.4 Å². The summed E-state index contributed by atoms with van der Waals surface area (Å²) < 4.78 is 2.17. The van der Waals surface area contributed by atoms with Gasteiger partial charge in [0.25, 0.3) is 11.6 Å². The number of hydrogen-bond donors (Lipinski definition) is 2. The van der Waals surface area contributed by atoms with Gasteiger partial charge in [0.1, 0.15) is 5.82 Å².